The van der Waals surface area contributed by atoms with E-state index >= 15 is 0 Å². The second kappa shape index (κ2) is 10.8. The quantitative estimate of drug-likeness (QED) is 0.242. The fourth-order valence-electron chi connectivity index (χ4n) is 3.37. The van der Waals surface area contributed by atoms with Crippen LogP contribution < -0.4 is 10.1 Å². The highest BCUT2D eigenvalue weighted by molar-refractivity contribution is 7.98. The number of ether oxygens (including phenoxy) is 1. The molecule has 3 aromatic carbocycles. The zero-order chi connectivity index (χ0) is 25.7. The smallest absolute Gasteiger partial charge is 0.416 e. The predicted molar refractivity (Wildman–Crippen MR) is 126 cm³/mol. The number of amides is 1. The van der Waals surface area contributed by atoms with Crippen LogP contribution in [0.3, 0.4) is 0 Å². The SMILES string of the molecule is COc1ccc(C(=O)NCc2nnc(SCc3cccc(F)c3)n2-c2cccc(C(F)(F)F)c2)cc1. The van der Waals surface area contributed by atoms with Crippen LogP contribution in [0.4, 0.5) is 17.6 Å². The fraction of sp³-hybridized carbons (Fsp3) is 0.160. The van der Waals surface area contributed by atoms with E-state index in [0.717, 1.165) is 12.1 Å². The van der Waals surface area contributed by atoms with E-state index in [9.17, 15) is 22.4 Å². The Labute approximate surface area is 208 Å². The molecule has 0 radical (unpaired) electrons. The van der Waals surface area contributed by atoms with Crippen molar-refractivity contribution in [2.45, 2.75) is 23.6 Å². The summed E-state index contributed by atoms with van der Waals surface area (Å²) in [5.41, 5.74) is 0.405. The number of rotatable bonds is 8. The number of methoxy groups -OCH3 is 1. The van der Waals surface area contributed by atoms with Crippen LogP contribution in [-0.4, -0.2) is 27.8 Å². The first kappa shape index (κ1) is 25.2. The van der Waals surface area contributed by atoms with Crippen LogP contribution in [-0.2, 0) is 18.5 Å². The van der Waals surface area contributed by atoms with Crippen molar-refractivity contribution in [1.82, 2.24) is 20.1 Å². The number of carbonyl (C=O) groups is 1. The molecule has 0 bridgehead atoms. The Kier molecular flexibility index (Phi) is 7.58. The van der Waals surface area contributed by atoms with Crippen molar-refractivity contribution in [2.75, 3.05) is 7.11 Å². The minimum atomic E-state index is -4.54. The summed E-state index contributed by atoms with van der Waals surface area (Å²) >= 11 is 1.19. The molecule has 1 heterocycles. The van der Waals surface area contributed by atoms with Gasteiger partial charge in [-0.05, 0) is 60.2 Å². The summed E-state index contributed by atoms with van der Waals surface area (Å²) in [5, 5.41) is 11.3. The molecule has 0 saturated carbocycles. The molecular weight excluding hydrogens is 496 g/mol. The fourth-order valence-corrected chi connectivity index (χ4v) is 4.28. The van der Waals surface area contributed by atoms with E-state index < -0.39 is 23.5 Å². The topological polar surface area (TPSA) is 69.0 Å². The summed E-state index contributed by atoms with van der Waals surface area (Å²) in [6.45, 7) is -0.0887. The number of hydrogen-bond donors (Lipinski definition) is 1. The number of carbonyl (C=O) groups excluding carboxylic acids is 1. The van der Waals surface area contributed by atoms with E-state index in [0.29, 0.717) is 27.8 Å². The summed E-state index contributed by atoms with van der Waals surface area (Å²) in [5.74, 6) is 0.348. The van der Waals surface area contributed by atoms with Gasteiger partial charge in [0.1, 0.15) is 11.6 Å². The maximum Gasteiger partial charge on any atom is 0.416 e. The Balaban J connectivity index is 1.61. The Morgan fingerprint density at radius 2 is 1.78 bits per heavy atom. The second-order valence-electron chi connectivity index (χ2n) is 7.61. The number of hydrogen-bond acceptors (Lipinski definition) is 5. The van der Waals surface area contributed by atoms with Gasteiger partial charge in [0.2, 0.25) is 0 Å². The largest absolute Gasteiger partial charge is 0.497 e. The van der Waals surface area contributed by atoms with Crippen LogP contribution in [0.2, 0.25) is 0 Å². The van der Waals surface area contributed by atoms with Gasteiger partial charge in [0, 0.05) is 11.3 Å². The number of thioether (sulfide) groups is 1. The molecule has 0 unspecified atom stereocenters. The van der Waals surface area contributed by atoms with Crippen molar-refractivity contribution in [3.8, 4) is 11.4 Å². The van der Waals surface area contributed by atoms with Gasteiger partial charge in [0.25, 0.3) is 5.91 Å². The van der Waals surface area contributed by atoms with Gasteiger partial charge in [-0.15, -0.1) is 10.2 Å². The third kappa shape index (κ3) is 6.03. The predicted octanol–water partition coefficient (Wildman–Crippen LogP) is 5.66. The van der Waals surface area contributed by atoms with Crippen molar-refractivity contribution in [1.29, 1.82) is 0 Å². The first-order valence-electron chi connectivity index (χ1n) is 10.7. The third-order valence-corrected chi connectivity index (χ3v) is 6.15. The van der Waals surface area contributed by atoms with Gasteiger partial charge in [-0.3, -0.25) is 9.36 Å². The Morgan fingerprint density at radius 3 is 2.47 bits per heavy atom. The van der Waals surface area contributed by atoms with Crippen LogP contribution >= 0.6 is 11.8 Å². The standard InChI is InChI=1S/C25H20F4N4O2S/c1-35-21-10-8-17(9-11-21)23(34)30-14-22-31-32-24(36-15-16-4-2-6-19(26)12-16)33(22)20-7-3-5-18(13-20)25(27,28)29/h2-13H,14-15H2,1H3,(H,30,34). The normalized spacial score (nSPS) is 11.4. The first-order chi connectivity index (χ1) is 17.2. The molecule has 0 fully saturated rings. The highest BCUT2D eigenvalue weighted by Gasteiger charge is 2.31. The van der Waals surface area contributed by atoms with Gasteiger partial charge in [0.15, 0.2) is 11.0 Å². The minimum absolute atomic E-state index is 0.0887. The van der Waals surface area contributed by atoms with Crippen LogP contribution in [0, 0.1) is 5.82 Å². The van der Waals surface area contributed by atoms with Crippen molar-refractivity contribution in [3.05, 3.63) is 101 Å². The lowest BCUT2D eigenvalue weighted by molar-refractivity contribution is -0.137. The summed E-state index contributed by atoms with van der Waals surface area (Å²) < 4.78 is 60.2. The van der Waals surface area contributed by atoms with Crippen molar-refractivity contribution in [2.24, 2.45) is 0 Å². The molecule has 0 spiro atoms. The molecule has 1 aromatic heterocycles. The second-order valence-corrected chi connectivity index (χ2v) is 8.55. The molecule has 0 aliphatic carbocycles. The maximum atomic E-state index is 13.6. The summed E-state index contributed by atoms with van der Waals surface area (Å²) in [6.07, 6.45) is -4.54. The molecule has 0 atom stereocenters. The van der Waals surface area contributed by atoms with Gasteiger partial charge < -0.3 is 10.1 Å². The summed E-state index contributed by atoms with van der Waals surface area (Å²) in [7, 11) is 1.51. The molecule has 6 nitrogen and oxygen atoms in total. The van der Waals surface area contributed by atoms with Crippen LogP contribution in [0.15, 0.2) is 78.0 Å². The first-order valence-corrected chi connectivity index (χ1v) is 11.6. The van der Waals surface area contributed by atoms with E-state index in [2.05, 4.69) is 15.5 Å². The monoisotopic (exact) mass is 516 g/mol. The molecule has 4 rings (SSSR count). The highest BCUT2D eigenvalue weighted by Crippen LogP contribution is 2.32. The molecule has 0 aliphatic heterocycles. The van der Waals surface area contributed by atoms with Gasteiger partial charge in [0.05, 0.1) is 24.9 Å². The highest BCUT2D eigenvalue weighted by atomic mass is 32.2. The van der Waals surface area contributed by atoms with Crippen molar-refractivity contribution < 1.29 is 27.1 Å². The van der Waals surface area contributed by atoms with Gasteiger partial charge in [-0.25, -0.2) is 4.39 Å². The van der Waals surface area contributed by atoms with Gasteiger partial charge in [-0.1, -0.05) is 30.0 Å². The Hall–Kier alpha value is -3.86. The molecule has 0 aliphatic rings. The summed E-state index contributed by atoms with van der Waals surface area (Å²) in [4.78, 5) is 12.6. The van der Waals surface area contributed by atoms with E-state index in [-0.39, 0.29) is 18.1 Å². The molecule has 11 heteroatoms. The van der Waals surface area contributed by atoms with Crippen molar-refractivity contribution >= 4 is 17.7 Å². The van der Waals surface area contributed by atoms with Gasteiger partial charge >= 0.3 is 6.18 Å². The molecule has 1 N–H and O–H groups in total. The average Bonchev–Trinajstić information content (AvgIpc) is 3.28. The summed E-state index contributed by atoms with van der Waals surface area (Å²) in [6, 6.07) is 17.2. The Morgan fingerprint density at radius 1 is 1.03 bits per heavy atom. The minimum Gasteiger partial charge on any atom is -0.497 e. The maximum absolute atomic E-state index is 13.6. The number of halogens is 4. The van der Waals surface area contributed by atoms with Crippen LogP contribution in [0.25, 0.3) is 5.69 Å². The number of benzene rings is 3. The molecule has 0 saturated heterocycles. The van der Waals surface area contributed by atoms with E-state index in [1.54, 1.807) is 36.4 Å². The number of nitrogens with one attached hydrogen (secondary N) is 1. The number of alkyl halides is 3. The van der Waals surface area contributed by atoms with Crippen LogP contribution in [0.5, 0.6) is 5.75 Å². The number of nitrogens with zero attached hydrogens (tertiary/aromatic N) is 3. The molecule has 1 amide bonds. The van der Waals surface area contributed by atoms with Crippen LogP contribution in [0.1, 0.15) is 27.3 Å². The lowest BCUT2D eigenvalue weighted by atomic mass is 10.2. The van der Waals surface area contributed by atoms with E-state index in [4.69, 9.17) is 4.74 Å². The average molecular weight is 517 g/mol. The zero-order valence-electron chi connectivity index (χ0n) is 18.9. The third-order valence-electron chi connectivity index (χ3n) is 5.15. The molecule has 4 aromatic rings. The molecule has 186 valence electrons. The van der Waals surface area contributed by atoms with Gasteiger partial charge in [-0.2, -0.15) is 13.2 Å². The molecule has 36 heavy (non-hydrogen) atoms. The lowest BCUT2D eigenvalue weighted by Crippen LogP contribution is -2.24. The Bertz CT molecular complexity index is 1360. The zero-order valence-corrected chi connectivity index (χ0v) is 19.7. The van der Waals surface area contributed by atoms with E-state index in [1.165, 1.54) is 47.7 Å². The van der Waals surface area contributed by atoms with Crippen molar-refractivity contribution in [3.63, 3.8) is 0 Å². The lowest BCUT2D eigenvalue weighted by Gasteiger charge is -2.13. The number of aromatic nitrogens is 3. The van der Waals surface area contributed by atoms with E-state index in [1.807, 2.05) is 0 Å². The molecular formula is C25H20F4N4O2S.